The fourth-order valence-corrected chi connectivity index (χ4v) is 2.86. The molecule has 0 atom stereocenters. The molecule has 2 aromatic heterocycles. The van der Waals surface area contributed by atoms with Crippen LogP contribution in [0.1, 0.15) is 10.4 Å². The van der Waals surface area contributed by atoms with Crippen LogP contribution in [-0.2, 0) is 0 Å². The zero-order valence-corrected chi connectivity index (χ0v) is 14.1. The number of para-hydroxylation sites is 2. The van der Waals surface area contributed by atoms with Gasteiger partial charge in [0.1, 0.15) is 17.9 Å². The molecule has 0 aliphatic carbocycles. The number of hydrogen-bond acceptors (Lipinski definition) is 5. The normalized spacial score (nSPS) is 10.7. The first-order chi connectivity index (χ1) is 12.8. The van der Waals surface area contributed by atoms with E-state index in [1.165, 1.54) is 10.9 Å². The minimum atomic E-state index is -0.171. The number of nitrogens with zero attached hydrogens (tertiary/aromatic N) is 3. The van der Waals surface area contributed by atoms with Gasteiger partial charge in [-0.15, -0.1) is 0 Å². The number of methoxy groups -OCH3 is 1. The lowest BCUT2D eigenvalue weighted by Crippen LogP contribution is -2.11. The van der Waals surface area contributed by atoms with Crippen molar-refractivity contribution in [1.82, 2.24) is 14.5 Å². The van der Waals surface area contributed by atoms with Gasteiger partial charge in [-0.2, -0.15) is 0 Å². The Bertz CT molecular complexity index is 1070. The average Bonchev–Trinajstić information content (AvgIpc) is 3.23. The Balaban J connectivity index is 1.81. The molecule has 0 aliphatic heterocycles. The van der Waals surface area contributed by atoms with Gasteiger partial charge in [-0.25, -0.2) is 9.97 Å². The maximum absolute atomic E-state index is 12.7. The quantitative estimate of drug-likeness (QED) is 0.608. The first-order valence-electron chi connectivity index (χ1n) is 8.08. The lowest BCUT2D eigenvalue weighted by molar-refractivity contribution is 0.0961. The van der Waals surface area contributed by atoms with E-state index in [0.29, 0.717) is 11.4 Å². The van der Waals surface area contributed by atoms with E-state index in [4.69, 9.17) is 4.74 Å². The molecule has 0 radical (unpaired) electrons. The molecule has 0 amide bonds. The van der Waals surface area contributed by atoms with Gasteiger partial charge in [0.15, 0.2) is 0 Å². The number of anilines is 2. The Morgan fingerprint density at radius 2 is 1.85 bits per heavy atom. The number of fused-ring (bicyclic) bond motifs is 1. The zero-order chi connectivity index (χ0) is 17.9. The Kier molecular flexibility index (Phi) is 4.07. The third kappa shape index (κ3) is 2.77. The van der Waals surface area contributed by atoms with Gasteiger partial charge in [-0.05, 0) is 17.5 Å². The molecule has 0 aliphatic rings. The summed E-state index contributed by atoms with van der Waals surface area (Å²) in [7, 11) is 1.62. The van der Waals surface area contributed by atoms with E-state index in [1.54, 1.807) is 25.7 Å². The minimum Gasteiger partial charge on any atom is -0.495 e. The highest BCUT2D eigenvalue weighted by atomic mass is 16.5. The van der Waals surface area contributed by atoms with E-state index in [1.807, 2.05) is 48.5 Å². The predicted octanol–water partition coefficient (Wildman–Crippen LogP) is 3.87. The van der Waals surface area contributed by atoms with Crippen LogP contribution in [0.2, 0.25) is 0 Å². The lowest BCUT2D eigenvalue weighted by Gasteiger charge is -2.14. The Hall–Kier alpha value is -3.67. The van der Waals surface area contributed by atoms with Crippen LogP contribution >= 0.6 is 0 Å². The smallest absolute Gasteiger partial charge is 0.265 e. The summed E-state index contributed by atoms with van der Waals surface area (Å²) in [4.78, 5) is 21.2. The van der Waals surface area contributed by atoms with Crippen molar-refractivity contribution in [2.75, 3.05) is 12.4 Å². The monoisotopic (exact) mass is 344 g/mol. The molecule has 0 fully saturated rings. The Morgan fingerprint density at radius 3 is 2.62 bits per heavy atom. The number of hydrogen-bond donors (Lipinski definition) is 1. The minimum absolute atomic E-state index is 0.171. The molecule has 1 N–H and O–H groups in total. The summed E-state index contributed by atoms with van der Waals surface area (Å²) < 4.78 is 6.83. The van der Waals surface area contributed by atoms with Crippen LogP contribution in [0.5, 0.6) is 5.75 Å². The van der Waals surface area contributed by atoms with Crippen molar-refractivity contribution in [3.63, 3.8) is 0 Å². The SMILES string of the molecule is COc1ccccc1Nc1ncc(C(=O)n2ccnc2)c2ccccc12. The third-order valence-electron chi connectivity index (χ3n) is 4.12. The Labute approximate surface area is 150 Å². The van der Waals surface area contributed by atoms with Gasteiger partial charge in [-0.1, -0.05) is 36.4 Å². The molecule has 4 rings (SSSR count). The molecule has 0 spiro atoms. The first-order valence-corrected chi connectivity index (χ1v) is 8.08. The molecular formula is C20H16N4O2. The topological polar surface area (TPSA) is 69.0 Å². The number of benzene rings is 2. The molecule has 26 heavy (non-hydrogen) atoms. The van der Waals surface area contributed by atoms with Gasteiger partial charge in [0.2, 0.25) is 0 Å². The number of carbonyl (C=O) groups excluding carboxylic acids is 1. The predicted molar refractivity (Wildman–Crippen MR) is 100.0 cm³/mol. The summed E-state index contributed by atoms with van der Waals surface area (Å²) in [5, 5.41) is 4.97. The van der Waals surface area contributed by atoms with Crippen LogP contribution < -0.4 is 10.1 Å². The van der Waals surface area contributed by atoms with Gasteiger partial charge in [-0.3, -0.25) is 9.36 Å². The highest BCUT2D eigenvalue weighted by Gasteiger charge is 2.15. The fraction of sp³-hybridized carbons (Fsp3) is 0.0500. The van der Waals surface area contributed by atoms with Crippen LogP contribution in [0.3, 0.4) is 0 Å². The number of aromatic nitrogens is 3. The van der Waals surface area contributed by atoms with Crippen molar-refractivity contribution in [1.29, 1.82) is 0 Å². The molecule has 4 aromatic rings. The molecule has 2 heterocycles. The zero-order valence-electron chi connectivity index (χ0n) is 14.1. The summed E-state index contributed by atoms with van der Waals surface area (Å²) in [5.74, 6) is 1.21. The van der Waals surface area contributed by atoms with E-state index in [-0.39, 0.29) is 5.91 Å². The number of nitrogens with one attached hydrogen (secondary N) is 1. The number of ether oxygens (including phenoxy) is 1. The van der Waals surface area contributed by atoms with Crippen LogP contribution in [0.15, 0.2) is 73.4 Å². The standard InChI is InChI=1S/C20H16N4O2/c1-26-18-9-5-4-8-17(18)23-19-15-7-3-2-6-14(15)16(12-22-19)20(25)24-11-10-21-13-24/h2-13H,1H3,(H,22,23). The highest BCUT2D eigenvalue weighted by Crippen LogP contribution is 2.31. The summed E-state index contributed by atoms with van der Waals surface area (Å²) in [6.45, 7) is 0. The summed E-state index contributed by atoms with van der Waals surface area (Å²) in [5.41, 5.74) is 1.32. The van der Waals surface area contributed by atoms with Crippen LogP contribution in [0.25, 0.3) is 10.8 Å². The maximum atomic E-state index is 12.7. The molecule has 0 saturated carbocycles. The van der Waals surface area contributed by atoms with Gasteiger partial charge in [0.05, 0.1) is 18.4 Å². The van der Waals surface area contributed by atoms with Gasteiger partial charge in [0, 0.05) is 24.0 Å². The van der Waals surface area contributed by atoms with Crippen molar-refractivity contribution in [2.24, 2.45) is 0 Å². The second kappa shape index (κ2) is 6.68. The first kappa shape index (κ1) is 15.8. The second-order valence-corrected chi connectivity index (χ2v) is 5.67. The largest absolute Gasteiger partial charge is 0.495 e. The van der Waals surface area contributed by atoms with Gasteiger partial charge < -0.3 is 10.1 Å². The van der Waals surface area contributed by atoms with E-state index < -0.39 is 0 Å². The number of rotatable bonds is 4. The van der Waals surface area contributed by atoms with Crippen molar-refractivity contribution in [3.05, 3.63) is 79.0 Å². The molecule has 0 saturated heterocycles. The van der Waals surface area contributed by atoms with Crippen molar-refractivity contribution in [2.45, 2.75) is 0 Å². The second-order valence-electron chi connectivity index (χ2n) is 5.67. The summed E-state index contributed by atoms with van der Waals surface area (Å²) in [6, 6.07) is 15.3. The van der Waals surface area contributed by atoms with E-state index in [2.05, 4.69) is 15.3 Å². The van der Waals surface area contributed by atoms with Crippen LogP contribution in [0.4, 0.5) is 11.5 Å². The highest BCUT2D eigenvalue weighted by molar-refractivity contribution is 6.10. The lowest BCUT2D eigenvalue weighted by atomic mass is 10.1. The molecule has 6 nitrogen and oxygen atoms in total. The summed E-state index contributed by atoms with van der Waals surface area (Å²) in [6.07, 6.45) is 6.27. The molecule has 0 unspecified atom stereocenters. The average molecular weight is 344 g/mol. The van der Waals surface area contributed by atoms with Crippen LogP contribution in [0, 0.1) is 0 Å². The molecular weight excluding hydrogens is 328 g/mol. The van der Waals surface area contributed by atoms with Crippen LogP contribution in [-0.4, -0.2) is 27.6 Å². The maximum Gasteiger partial charge on any atom is 0.265 e. The number of pyridine rings is 1. The van der Waals surface area contributed by atoms with Gasteiger partial charge >= 0.3 is 0 Å². The Morgan fingerprint density at radius 1 is 1.08 bits per heavy atom. The van der Waals surface area contributed by atoms with E-state index in [0.717, 1.165) is 22.2 Å². The number of carbonyl (C=O) groups is 1. The van der Waals surface area contributed by atoms with Crippen molar-refractivity contribution in [3.8, 4) is 5.75 Å². The molecule has 0 bridgehead atoms. The molecule has 6 heteroatoms. The molecule has 128 valence electrons. The number of imidazole rings is 1. The van der Waals surface area contributed by atoms with E-state index in [9.17, 15) is 4.79 Å². The van der Waals surface area contributed by atoms with Gasteiger partial charge in [0.25, 0.3) is 5.91 Å². The van der Waals surface area contributed by atoms with Crippen molar-refractivity contribution < 1.29 is 9.53 Å². The molecule has 2 aromatic carbocycles. The van der Waals surface area contributed by atoms with E-state index >= 15 is 0 Å². The fourth-order valence-electron chi connectivity index (χ4n) is 2.86. The van der Waals surface area contributed by atoms with Crippen molar-refractivity contribution >= 4 is 28.2 Å². The summed E-state index contributed by atoms with van der Waals surface area (Å²) >= 11 is 0. The third-order valence-corrected chi connectivity index (χ3v) is 4.12.